The molecule has 2 aliphatic rings. The summed E-state index contributed by atoms with van der Waals surface area (Å²) in [6.45, 7) is 4.26. The molecular formula is C17H22O5. The van der Waals surface area contributed by atoms with Crippen molar-refractivity contribution in [2.24, 2.45) is 0 Å². The molecule has 5 heteroatoms. The predicted molar refractivity (Wildman–Crippen MR) is 79.9 cm³/mol. The molecule has 2 aliphatic heterocycles. The average Bonchev–Trinajstić information content (AvgIpc) is 2.95. The van der Waals surface area contributed by atoms with Gasteiger partial charge in [-0.2, -0.15) is 0 Å². The van der Waals surface area contributed by atoms with Gasteiger partial charge in [0.15, 0.2) is 12.1 Å². The molecule has 120 valence electrons. The minimum Gasteiger partial charge on any atom is -0.505 e. The molecule has 1 aromatic rings. The Bertz CT molecular complexity index is 513. The van der Waals surface area contributed by atoms with E-state index in [0.717, 1.165) is 5.56 Å². The molecule has 0 aliphatic carbocycles. The third-order valence-electron chi connectivity index (χ3n) is 3.72. The van der Waals surface area contributed by atoms with Gasteiger partial charge in [0.05, 0.1) is 20.0 Å². The number of hydrogen-bond acceptors (Lipinski definition) is 5. The van der Waals surface area contributed by atoms with Crippen LogP contribution in [-0.4, -0.2) is 37.5 Å². The van der Waals surface area contributed by atoms with Gasteiger partial charge in [-0.05, 0) is 25.5 Å². The fraction of sp³-hybridized carbons (Fsp3) is 0.529. The number of rotatable bonds is 5. The van der Waals surface area contributed by atoms with Crippen LogP contribution in [0.4, 0.5) is 0 Å². The molecule has 0 amide bonds. The summed E-state index contributed by atoms with van der Waals surface area (Å²) >= 11 is 0. The monoisotopic (exact) mass is 306 g/mol. The van der Waals surface area contributed by atoms with Crippen molar-refractivity contribution in [2.75, 3.05) is 7.11 Å². The summed E-state index contributed by atoms with van der Waals surface area (Å²) in [5.41, 5.74) is 1.11. The third-order valence-corrected chi connectivity index (χ3v) is 3.72. The zero-order valence-corrected chi connectivity index (χ0v) is 13.1. The highest BCUT2D eigenvalue weighted by molar-refractivity contribution is 5.14. The molecule has 0 unspecified atom stereocenters. The largest absolute Gasteiger partial charge is 0.505 e. The Balaban J connectivity index is 1.70. The summed E-state index contributed by atoms with van der Waals surface area (Å²) in [4.78, 5) is 0. The Hall–Kier alpha value is -1.40. The van der Waals surface area contributed by atoms with Crippen molar-refractivity contribution in [1.82, 2.24) is 0 Å². The van der Waals surface area contributed by atoms with Crippen molar-refractivity contribution in [3.63, 3.8) is 0 Å². The molecule has 3 rings (SSSR count). The molecule has 2 fully saturated rings. The summed E-state index contributed by atoms with van der Waals surface area (Å²) in [6.07, 6.45) is 2.27. The number of methoxy groups -OCH3 is 1. The van der Waals surface area contributed by atoms with Crippen LogP contribution in [0.5, 0.6) is 0 Å². The summed E-state index contributed by atoms with van der Waals surface area (Å²) < 4.78 is 28.6. The van der Waals surface area contributed by atoms with E-state index in [4.69, 9.17) is 23.7 Å². The second-order valence-electron chi connectivity index (χ2n) is 5.89. The first kappa shape index (κ1) is 15.5. The maximum atomic E-state index is 6.07. The Labute approximate surface area is 130 Å². The van der Waals surface area contributed by atoms with Gasteiger partial charge in [0.2, 0.25) is 0 Å². The molecule has 0 spiro atoms. The number of fused-ring (bicyclic) bond motifs is 1. The molecule has 2 heterocycles. The molecule has 1 aromatic carbocycles. The van der Waals surface area contributed by atoms with E-state index in [9.17, 15) is 0 Å². The summed E-state index contributed by atoms with van der Waals surface area (Å²) in [5.74, 6) is -0.653. The summed E-state index contributed by atoms with van der Waals surface area (Å²) in [6, 6.07) is 10.0. The van der Waals surface area contributed by atoms with Gasteiger partial charge in [0, 0.05) is 0 Å². The van der Waals surface area contributed by atoms with Crippen LogP contribution in [-0.2, 0) is 30.3 Å². The molecule has 2 saturated heterocycles. The Morgan fingerprint density at radius 1 is 1.18 bits per heavy atom. The van der Waals surface area contributed by atoms with Gasteiger partial charge in [-0.15, -0.1) is 0 Å². The van der Waals surface area contributed by atoms with Gasteiger partial charge < -0.3 is 23.7 Å². The lowest BCUT2D eigenvalue weighted by Crippen LogP contribution is -2.36. The van der Waals surface area contributed by atoms with E-state index in [2.05, 4.69) is 0 Å². The third kappa shape index (κ3) is 3.33. The number of ether oxygens (including phenoxy) is 5. The van der Waals surface area contributed by atoms with E-state index in [1.165, 1.54) is 0 Å². The van der Waals surface area contributed by atoms with Gasteiger partial charge in [-0.25, -0.2) is 0 Å². The number of benzene rings is 1. The molecule has 0 bridgehead atoms. The number of hydrogen-bond donors (Lipinski definition) is 0. The fourth-order valence-corrected chi connectivity index (χ4v) is 2.77. The first-order valence-corrected chi connectivity index (χ1v) is 7.45. The van der Waals surface area contributed by atoms with E-state index in [0.29, 0.717) is 6.61 Å². The van der Waals surface area contributed by atoms with Crippen molar-refractivity contribution < 1.29 is 23.7 Å². The maximum absolute atomic E-state index is 6.07. The van der Waals surface area contributed by atoms with E-state index in [1.54, 1.807) is 13.4 Å². The maximum Gasteiger partial charge on any atom is 0.190 e. The van der Waals surface area contributed by atoms with E-state index >= 15 is 0 Å². The molecule has 0 radical (unpaired) electrons. The highest BCUT2D eigenvalue weighted by Gasteiger charge is 2.54. The minimum atomic E-state index is -0.653. The van der Waals surface area contributed by atoms with Crippen molar-refractivity contribution in [3.05, 3.63) is 48.2 Å². The lowest BCUT2D eigenvalue weighted by molar-refractivity contribution is -0.213. The van der Waals surface area contributed by atoms with Crippen LogP contribution >= 0.6 is 0 Å². The quantitative estimate of drug-likeness (QED) is 0.783. The van der Waals surface area contributed by atoms with Crippen molar-refractivity contribution in [2.45, 2.75) is 50.8 Å². The minimum absolute atomic E-state index is 0.238. The van der Waals surface area contributed by atoms with Crippen LogP contribution in [0.15, 0.2) is 42.7 Å². The standard InChI is InChI=1S/C17H22O5/c1-17(2)21-15-14(19-11-12-7-5-4-6-8-12)13(9-10-18-3)20-16(15)22-17/h4-10,13-16H,11H2,1-3H3/b10-9+/t13-,14+,15-,16-/m1/s1. The molecule has 5 nitrogen and oxygen atoms in total. The van der Waals surface area contributed by atoms with Gasteiger partial charge >= 0.3 is 0 Å². The van der Waals surface area contributed by atoms with Crippen LogP contribution < -0.4 is 0 Å². The molecule has 22 heavy (non-hydrogen) atoms. The Morgan fingerprint density at radius 3 is 2.68 bits per heavy atom. The topological polar surface area (TPSA) is 46.2 Å². The highest BCUT2D eigenvalue weighted by Crippen LogP contribution is 2.39. The van der Waals surface area contributed by atoms with Crippen molar-refractivity contribution in [3.8, 4) is 0 Å². The SMILES string of the molecule is CO/C=C/[C@H]1O[C@@H]2OC(C)(C)O[C@@H]2[C@H]1OCc1ccccc1. The van der Waals surface area contributed by atoms with E-state index in [1.807, 2.05) is 50.3 Å². The first-order valence-electron chi connectivity index (χ1n) is 7.45. The van der Waals surface area contributed by atoms with E-state index in [-0.39, 0.29) is 18.3 Å². The Morgan fingerprint density at radius 2 is 1.95 bits per heavy atom. The first-order chi connectivity index (χ1) is 10.6. The van der Waals surface area contributed by atoms with Gasteiger partial charge in [0.1, 0.15) is 18.3 Å². The normalized spacial score (nSPS) is 33.2. The molecule has 0 N–H and O–H groups in total. The molecule has 0 aromatic heterocycles. The Kier molecular flexibility index (Phi) is 4.49. The van der Waals surface area contributed by atoms with Gasteiger partial charge in [0.25, 0.3) is 0 Å². The predicted octanol–water partition coefficient (Wildman–Crippen LogP) is 2.61. The van der Waals surface area contributed by atoms with Crippen LogP contribution in [0.25, 0.3) is 0 Å². The second-order valence-corrected chi connectivity index (χ2v) is 5.89. The van der Waals surface area contributed by atoms with Crippen LogP contribution in [0.3, 0.4) is 0 Å². The average molecular weight is 306 g/mol. The second kappa shape index (κ2) is 6.38. The van der Waals surface area contributed by atoms with Crippen molar-refractivity contribution in [1.29, 1.82) is 0 Å². The summed E-state index contributed by atoms with van der Waals surface area (Å²) in [7, 11) is 1.60. The smallest absolute Gasteiger partial charge is 0.190 e. The fourth-order valence-electron chi connectivity index (χ4n) is 2.77. The van der Waals surface area contributed by atoms with Gasteiger partial charge in [-0.3, -0.25) is 0 Å². The van der Waals surface area contributed by atoms with Gasteiger partial charge in [-0.1, -0.05) is 30.3 Å². The lowest BCUT2D eigenvalue weighted by Gasteiger charge is -2.24. The van der Waals surface area contributed by atoms with E-state index < -0.39 is 12.1 Å². The lowest BCUT2D eigenvalue weighted by atomic mass is 10.1. The molecular weight excluding hydrogens is 284 g/mol. The molecule has 0 saturated carbocycles. The van der Waals surface area contributed by atoms with Crippen LogP contribution in [0.1, 0.15) is 19.4 Å². The summed E-state index contributed by atoms with van der Waals surface area (Å²) in [5, 5.41) is 0. The molecule has 4 atom stereocenters. The zero-order valence-electron chi connectivity index (χ0n) is 13.1. The van der Waals surface area contributed by atoms with Crippen molar-refractivity contribution >= 4 is 0 Å². The van der Waals surface area contributed by atoms with Crippen LogP contribution in [0.2, 0.25) is 0 Å². The van der Waals surface area contributed by atoms with Crippen LogP contribution in [0, 0.1) is 0 Å². The zero-order chi connectivity index (χ0) is 15.6. The highest BCUT2D eigenvalue weighted by atomic mass is 16.8.